The summed E-state index contributed by atoms with van der Waals surface area (Å²) in [7, 11) is 0. The number of likely N-dealkylation sites (tertiary alicyclic amines) is 1. The average Bonchev–Trinajstić information content (AvgIpc) is 2.68. The summed E-state index contributed by atoms with van der Waals surface area (Å²) >= 11 is 5.75. The second-order valence-electron chi connectivity index (χ2n) is 7.34. The zero-order chi connectivity index (χ0) is 19.2. The van der Waals surface area contributed by atoms with Crippen molar-refractivity contribution in [3.8, 4) is 11.5 Å². The van der Waals surface area contributed by atoms with Gasteiger partial charge in [-0.2, -0.15) is 0 Å². The summed E-state index contributed by atoms with van der Waals surface area (Å²) in [5.74, 6) is 2.31. The summed E-state index contributed by atoms with van der Waals surface area (Å²) in [4.78, 5) is 3.22. The minimum Gasteiger partial charge on any atom is -0.490 e. The fourth-order valence-corrected chi connectivity index (χ4v) is 3.58. The molecule has 1 aliphatic heterocycles. The Kier molecular flexibility index (Phi) is 6.73. The first-order chi connectivity index (χ1) is 13.1. The largest absolute Gasteiger partial charge is 0.490 e. The molecule has 0 unspecified atom stereocenters. The number of nitrogens with zero attached hydrogens (tertiary/aromatic N) is 1. The van der Waals surface area contributed by atoms with Crippen LogP contribution in [0.5, 0.6) is 11.5 Å². The summed E-state index contributed by atoms with van der Waals surface area (Å²) in [6.45, 7) is 9.58. The molecule has 2 aromatic carbocycles. The molecule has 0 bridgehead atoms. The van der Waals surface area contributed by atoms with Crippen molar-refractivity contribution in [1.82, 2.24) is 4.90 Å². The molecule has 1 heterocycles. The van der Waals surface area contributed by atoms with Crippen molar-refractivity contribution in [3.63, 3.8) is 0 Å². The van der Waals surface area contributed by atoms with Gasteiger partial charge in [0.25, 0.3) is 0 Å². The Morgan fingerprint density at radius 2 is 1.74 bits per heavy atom. The Morgan fingerprint density at radius 3 is 2.41 bits per heavy atom. The lowest BCUT2D eigenvalue weighted by Gasteiger charge is -2.32. The summed E-state index contributed by atoms with van der Waals surface area (Å²) in [5.41, 5.74) is 3.43. The molecule has 1 saturated heterocycles. The minimum absolute atomic E-state index is 0.522. The summed E-state index contributed by atoms with van der Waals surface area (Å²) in [6, 6.07) is 14.4. The van der Waals surface area contributed by atoms with Gasteiger partial charge < -0.3 is 14.4 Å². The maximum absolute atomic E-state index is 6.03. The number of hydrogen-bond acceptors (Lipinski definition) is 3. The normalized spacial score (nSPS) is 14.9. The van der Waals surface area contributed by atoms with Gasteiger partial charge in [0.1, 0.15) is 11.6 Å². The number of rotatable bonds is 6. The van der Waals surface area contributed by atoms with Crippen molar-refractivity contribution in [2.24, 2.45) is 5.92 Å². The lowest BCUT2D eigenvalue weighted by molar-refractivity contribution is 0.269. The highest BCUT2D eigenvalue weighted by molar-refractivity contribution is 7.80. The molecule has 0 aliphatic carbocycles. The topological polar surface area (TPSA) is 21.7 Å². The Bertz CT molecular complexity index is 764. The van der Waals surface area contributed by atoms with Gasteiger partial charge in [-0.3, -0.25) is 0 Å². The summed E-state index contributed by atoms with van der Waals surface area (Å²) < 4.78 is 11.9. The number of piperidine rings is 1. The predicted octanol–water partition coefficient (Wildman–Crippen LogP) is 5.38. The van der Waals surface area contributed by atoms with Crippen LogP contribution < -0.4 is 9.47 Å². The molecule has 1 aliphatic rings. The van der Waals surface area contributed by atoms with Gasteiger partial charge in [0.05, 0.1) is 6.61 Å². The first-order valence-electron chi connectivity index (χ1n) is 9.81. The first kappa shape index (κ1) is 19.7. The Morgan fingerprint density at radius 1 is 1.04 bits per heavy atom. The molecule has 2 aromatic rings. The second kappa shape index (κ2) is 9.23. The van der Waals surface area contributed by atoms with E-state index in [4.69, 9.17) is 21.7 Å². The number of ether oxygens (including phenoxy) is 2. The number of hydrogen-bond donors (Lipinski definition) is 0. The highest BCUT2D eigenvalue weighted by Gasteiger charge is 2.20. The zero-order valence-corrected chi connectivity index (χ0v) is 17.3. The Hall–Kier alpha value is -2.07. The monoisotopic (exact) mass is 383 g/mol. The van der Waals surface area contributed by atoms with E-state index in [2.05, 4.69) is 43.0 Å². The number of thiocarbonyl (C=S) groups is 1. The Labute approximate surface area is 168 Å². The van der Waals surface area contributed by atoms with Crippen LogP contribution in [0.25, 0.3) is 0 Å². The van der Waals surface area contributed by atoms with Crippen LogP contribution in [0.15, 0.2) is 42.5 Å². The molecule has 0 amide bonds. The van der Waals surface area contributed by atoms with E-state index < -0.39 is 0 Å². The third-order valence-corrected chi connectivity index (χ3v) is 5.57. The number of aryl methyl sites for hydroxylation is 1. The lowest BCUT2D eigenvalue weighted by Crippen LogP contribution is -2.37. The maximum atomic E-state index is 6.03. The molecule has 0 aromatic heterocycles. The van der Waals surface area contributed by atoms with E-state index in [1.165, 1.54) is 18.4 Å². The molecular weight excluding hydrogens is 354 g/mol. The van der Waals surface area contributed by atoms with Crippen molar-refractivity contribution < 1.29 is 9.47 Å². The minimum atomic E-state index is 0.522. The Balaban J connectivity index is 1.71. The van der Waals surface area contributed by atoms with Crippen LogP contribution in [-0.2, 0) is 6.61 Å². The van der Waals surface area contributed by atoms with Crippen molar-refractivity contribution >= 4 is 17.2 Å². The molecule has 27 heavy (non-hydrogen) atoms. The van der Waals surface area contributed by atoms with Crippen molar-refractivity contribution in [3.05, 3.63) is 59.2 Å². The first-order valence-corrected chi connectivity index (χ1v) is 10.2. The standard InChI is InChI=1S/C23H29NO2S/c1-4-25-22-15-20(23(27)24-13-11-18(3)12-14-24)9-10-21(22)26-16-19-7-5-17(2)6-8-19/h5-10,15,18H,4,11-14,16H2,1-3H3. The van der Waals surface area contributed by atoms with Crippen LogP contribution in [0, 0.1) is 12.8 Å². The van der Waals surface area contributed by atoms with Gasteiger partial charge in [-0.05, 0) is 56.4 Å². The fraction of sp³-hybridized carbons (Fsp3) is 0.435. The van der Waals surface area contributed by atoms with Crippen LogP contribution in [-0.4, -0.2) is 29.6 Å². The third kappa shape index (κ3) is 5.23. The zero-order valence-electron chi connectivity index (χ0n) is 16.5. The van der Waals surface area contributed by atoms with Crippen LogP contribution in [0.4, 0.5) is 0 Å². The van der Waals surface area contributed by atoms with Crippen LogP contribution in [0.2, 0.25) is 0 Å². The molecule has 144 valence electrons. The van der Waals surface area contributed by atoms with E-state index in [9.17, 15) is 0 Å². The van der Waals surface area contributed by atoms with E-state index in [0.717, 1.165) is 46.6 Å². The van der Waals surface area contributed by atoms with E-state index in [1.807, 2.05) is 25.1 Å². The molecule has 0 N–H and O–H groups in total. The van der Waals surface area contributed by atoms with Crippen LogP contribution >= 0.6 is 12.2 Å². The quantitative estimate of drug-likeness (QED) is 0.624. The van der Waals surface area contributed by atoms with Crippen molar-refractivity contribution in [1.29, 1.82) is 0 Å². The average molecular weight is 384 g/mol. The molecule has 0 spiro atoms. The maximum Gasteiger partial charge on any atom is 0.161 e. The van der Waals surface area contributed by atoms with Crippen molar-refractivity contribution in [2.45, 2.75) is 40.2 Å². The van der Waals surface area contributed by atoms with Gasteiger partial charge in [0.15, 0.2) is 11.5 Å². The van der Waals surface area contributed by atoms with Crippen LogP contribution in [0.1, 0.15) is 43.4 Å². The van der Waals surface area contributed by atoms with Gasteiger partial charge in [-0.15, -0.1) is 0 Å². The van der Waals surface area contributed by atoms with Gasteiger partial charge >= 0.3 is 0 Å². The lowest BCUT2D eigenvalue weighted by atomic mass is 9.99. The molecule has 0 saturated carbocycles. The highest BCUT2D eigenvalue weighted by Crippen LogP contribution is 2.30. The molecule has 4 heteroatoms. The van der Waals surface area contributed by atoms with E-state index in [1.54, 1.807) is 0 Å². The SMILES string of the molecule is CCOc1cc(C(=S)N2CCC(C)CC2)ccc1OCc1ccc(C)cc1. The van der Waals surface area contributed by atoms with E-state index in [0.29, 0.717) is 13.2 Å². The molecule has 3 rings (SSSR count). The van der Waals surface area contributed by atoms with Crippen molar-refractivity contribution in [2.75, 3.05) is 19.7 Å². The summed E-state index contributed by atoms with van der Waals surface area (Å²) in [5, 5.41) is 0. The van der Waals surface area contributed by atoms with Gasteiger partial charge in [0, 0.05) is 18.7 Å². The third-order valence-electron chi connectivity index (χ3n) is 5.08. The molecule has 3 nitrogen and oxygen atoms in total. The summed E-state index contributed by atoms with van der Waals surface area (Å²) in [6.07, 6.45) is 2.41. The highest BCUT2D eigenvalue weighted by atomic mass is 32.1. The van der Waals surface area contributed by atoms with Gasteiger partial charge in [-0.1, -0.05) is 49.0 Å². The molecule has 1 fully saturated rings. The number of benzene rings is 2. The molecule has 0 radical (unpaired) electrons. The molecular formula is C23H29NO2S. The van der Waals surface area contributed by atoms with Crippen LogP contribution in [0.3, 0.4) is 0 Å². The second-order valence-corrected chi connectivity index (χ2v) is 7.73. The van der Waals surface area contributed by atoms with E-state index in [-0.39, 0.29) is 0 Å². The van der Waals surface area contributed by atoms with Gasteiger partial charge in [0.2, 0.25) is 0 Å². The predicted molar refractivity (Wildman–Crippen MR) is 115 cm³/mol. The van der Waals surface area contributed by atoms with Gasteiger partial charge in [-0.25, -0.2) is 0 Å². The molecule has 0 atom stereocenters. The fourth-order valence-electron chi connectivity index (χ4n) is 3.27. The van der Waals surface area contributed by atoms with E-state index >= 15 is 0 Å². The smallest absolute Gasteiger partial charge is 0.161 e.